The van der Waals surface area contributed by atoms with Gasteiger partial charge in [0.2, 0.25) is 0 Å². The van der Waals surface area contributed by atoms with Crippen LogP contribution >= 0.6 is 11.6 Å². The molecule has 0 radical (unpaired) electrons. The quantitative estimate of drug-likeness (QED) is 0.903. The molecule has 0 heterocycles. The molecule has 0 bridgehead atoms. The van der Waals surface area contributed by atoms with Gasteiger partial charge in [-0.25, -0.2) is 8.78 Å². The molecule has 106 valence electrons. The summed E-state index contributed by atoms with van der Waals surface area (Å²) in [5.41, 5.74) is 1.01. The molecule has 0 amide bonds. The fraction of sp³-hybridized carbons (Fsp3) is 0.200. The molecule has 0 unspecified atom stereocenters. The van der Waals surface area contributed by atoms with Gasteiger partial charge in [0.1, 0.15) is 24.0 Å². The van der Waals surface area contributed by atoms with Crippen LogP contribution < -0.4 is 10.1 Å². The minimum Gasteiger partial charge on any atom is -0.489 e. The lowest BCUT2D eigenvalue weighted by molar-refractivity contribution is 0.298. The van der Waals surface area contributed by atoms with Gasteiger partial charge in [0, 0.05) is 18.2 Å². The van der Waals surface area contributed by atoms with Crippen molar-refractivity contribution in [3.63, 3.8) is 0 Å². The highest BCUT2D eigenvalue weighted by molar-refractivity contribution is 6.31. The summed E-state index contributed by atoms with van der Waals surface area (Å²) in [5.74, 6) is -0.494. The fourth-order valence-electron chi connectivity index (χ4n) is 1.84. The number of ether oxygens (including phenoxy) is 1. The minimum absolute atomic E-state index is 0.0477. The van der Waals surface area contributed by atoms with Crippen molar-refractivity contribution in [2.45, 2.75) is 13.2 Å². The van der Waals surface area contributed by atoms with Gasteiger partial charge >= 0.3 is 0 Å². The molecule has 0 aromatic heterocycles. The zero-order valence-corrected chi connectivity index (χ0v) is 11.7. The van der Waals surface area contributed by atoms with Crippen molar-refractivity contribution in [3.8, 4) is 5.75 Å². The van der Waals surface area contributed by atoms with E-state index in [1.54, 1.807) is 19.2 Å². The van der Waals surface area contributed by atoms with Crippen LogP contribution in [0.4, 0.5) is 8.78 Å². The molecular weight excluding hydrogens is 284 g/mol. The Labute approximate surface area is 121 Å². The molecular formula is C15H14ClF2NO. The van der Waals surface area contributed by atoms with Crippen molar-refractivity contribution in [3.05, 3.63) is 64.2 Å². The van der Waals surface area contributed by atoms with Gasteiger partial charge in [-0.15, -0.1) is 0 Å². The number of hydrogen-bond acceptors (Lipinski definition) is 2. The van der Waals surface area contributed by atoms with Gasteiger partial charge < -0.3 is 10.1 Å². The third kappa shape index (κ3) is 3.68. The summed E-state index contributed by atoms with van der Waals surface area (Å²) in [7, 11) is 1.77. The molecule has 2 nitrogen and oxygen atoms in total. The number of nitrogens with one attached hydrogen (secondary N) is 1. The Hall–Kier alpha value is -1.65. The molecule has 2 aromatic rings. The molecule has 5 heteroatoms. The van der Waals surface area contributed by atoms with Gasteiger partial charge in [-0.2, -0.15) is 0 Å². The number of benzene rings is 2. The lowest BCUT2D eigenvalue weighted by Gasteiger charge is -2.10. The van der Waals surface area contributed by atoms with E-state index in [1.807, 2.05) is 0 Å². The van der Waals surface area contributed by atoms with E-state index in [-0.39, 0.29) is 17.2 Å². The predicted octanol–water partition coefficient (Wildman–Crippen LogP) is 3.92. The van der Waals surface area contributed by atoms with E-state index < -0.39 is 11.6 Å². The van der Waals surface area contributed by atoms with Gasteiger partial charge in [0.05, 0.1) is 5.02 Å². The molecule has 2 rings (SSSR count). The van der Waals surface area contributed by atoms with Crippen LogP contribution in [0.15, 0.2) is 36.4 Å². The maximum Gasteiger partial charge on any atom is 0.131 e. The van der Waals surface area contributed by atoms with Gasteiger partial charge in [0.15, 0.2) is 0 Å². The first kappa shape index (κ1) is 14.8. The summed E-state index contributed by atoms with van der Waals surface area (Å²) in [5, 5.41) is 3.22. The van der Waals surface area contributed by atoms with Crippen LogP contribution in [0.1, 0.15) is 11.1 Å². The van der Waals surface area contributed by atoms with Gasteiger partial charge in [0.25, 0.3) is 0 Å². The predicted molar refractivity (Wildman–Crippen MR) is 74.9 cm³/mol. The first-order valence-corrected chi connectivity index (χ1v) is 6.47. The van der Waals surface area contributed by atoms with Gasteiger partial charge in [-0.05, 0) is 36.9 Å². The van der Waals surface area contributed by atoms with E-state index in [0.29, 0.717) is 12.3 Å². The average Bonchev–Trinajstić information content (AvgIpc) is 2.38. The van der Waals surface area contributed by atoms with Crippen LogP contribution in [-0.4, -0.2) is 7.05 Å². The Bertz CT molecular complexity index is 584. The van der Waals surface area contributed by atoms with Crippen molar-refractivity contribution in [1.29, 1.82) is 0 Å². The highest BCUT2D eigenvalue weighted by Crippen LogP contribution is 2.22. The zero-order chi connectivity index (χ0) is 14.5. The van der Waals surface area contributed by atoms with Crippen LogP contribution in [0.25, 0.3) is 0 Å². The molecule has 2 aromatic carbocycles. The van der Waals surface area contributed by atoms with Crippen molar-refractivity contribution in [1.82, 2.24) is 5.32 Å². The molecule has 0 aliphatic rings. The Balaban J connectivity index is 2.14. The largest absolute Gasteiger partial charge is 0.489 e. The average molecular weight is 298 g/mol. The Kier molecular flexibility index (Phi) is 4.93. The monoisotopic (exact) mass is 297 g/mol. The topological polar surface area (TPSA) is 21.3 Å². The number of halogens is 3. The highest BCUT2D eigenvalue weighted by Gasteiger charge is 2.08. The van der Waals surface area contributed by atoms with E-state index in [2.05, 4.69) is 5.32 Å². The summed E-state index contributed by atoms with van der Waals surface area (Å²) in [6.07, 6.45) is 0. The molecule has 0 atom stereocenters. The smallest absolute Gasteiger partial charge is 0.131 e. The van der Waals surface area contributed by atoms with Crippen LogP contribution in [-0.2, 0) is 13.2 Å². The maximum atomic E-state index is 13.6. The molecule has 0 saturated heterocycles. The standard InChI is InChI=1S/C15H14ClF2NO/c1-19-8-10-5-11(17)7-12(6-10)20-9-13-14(16)3-2-4-15(13)18/h2-7,19H,8-9H2,1H3. The third-order valence-electron chi connectivity index (χ3n) is 2.76. The molecule has 1 N–H and O–H groups in total. The second-order valence-corrected chi connectivity index (χ2v) is 4.72. The summed E-state index contributed by atoms with van der Waals surface area (Å²) in [6, 6.07) is 8.79. The summed E-state index contributed by atoms with van der Waals surface area (Å²) >= 11 is 5.90. The number of rotatable bonds is 5. The zero-order valence-electron chi connectivity index (χ0n) is 10.9. The first-order valence-electron chi connectivity index (χ1n) is 6.10. The first-order chi connectivity index (χ1) is 9.60. The van der Waals surface area contributed by atoms with Crippen LogP contribution in [0.2, 0.25) is 5.02 Å². The van der Waals surface area contributed by atoms with E-state index in [4.69, 9.17) is 16.3 Å². The SMILES string of the molecule is CNCc1cc(F)cc(OCc2c(F)cccc2Cl)c1. The van der Waals surface area contributed by atoms with Crippen LogP contribution in [0, 0.1) is 11.6 Å². The summed E-state index contributed by atoms with van der Waals surface area (Å²) in [4.78, 5) is 0. The molecule has 0 aliphatic carbocycles. The van der Waals surface area contributed by atoms with Crippen LogP contribution in [0.5, 0.6) is 5.75 Å². The summed E-state index contributed by atoms with van der Waals surface area (Å²) < 4.78 is 32.4. The molecule has 0 spiro atoms. The van der Waals surface area contributed by atoms with E-state index in [9.17, 15) is 8.78 Å². The third-order valence-corrected chi connectivity index (χ3v) is 3.11. The Morgan fingerprint density at radius 3 is 2.70 bits per heavy atom. The lowest BCUT2D eigenvalue weighted by atomic mass is 10.2. The number of hydrogen-bond donors (Lipinski definition) is 1. The van der Waals surface area contributed by atoms with E-state index in [0.717, 1.165) is 5.56 Å². The fourth-order valence-corrected chi connectivity index (χ4v) is 2.05. The lowest BCUT2D eigenvalue weighted by Crippen LogP contribution is -2.06. The Morgan fingerprint density at radius 2 is 2.00 bits per heavy atom. The second kappa shape index (κ2) is 6.68. The normalized spacial score (nSPS) is 10.6. The molecule has 0 saturated carbocycles. The minimum atomic E-state index is -0.440. The van der Waals surface area contributed by atoms with E-state index >= 15 is 0 Å². The molecule has 0 fully saturated rings. The van der Waals surface area contributed by atoms with E-state index in [1.165, 1.54) is 24.3 Å². The van der Waals surface area contributed by atoms with Crippen molar-refractivity contribution >= 4 is 11.6 Å². The van der Waals surface area contributed by atoms with Crippen molar-refractivity contribution in [2.75, 3.05) is 7.05 Å². The van der Waals surface area contributed by atoms with Crippen molar-refractivity contribution in [2.24, 2.45) is 0 Å². The van der Waals surface area contributed by atoms with Gasteiger partial charge in [-0.1, -0.05) is 17.7 Å². The maximum absolute atomic E-state index is 13.6. The Morgan fingerprint density at radius 1 is 1.20 bits per heavy atom. The summed E-state index contributed by atoms with van der Waals surface area (Å²) in [6.45, 7) is 0.475. The highest BCUT2D eigenvalue weighted by atomic mass is 35.5. The van der Waals surface area contributed by atoms with Crippen LogP contribution in [0.3, 0.4) is 0 Å². The second-order valence-electron chi connectivity index (χ2n) is 4.31. The van der Waals surface area contributed by atoms with Crippen molar-refractivity contribution < 1.29 is 13.5 Å². The molecule has 20 heavy (non-hydrogen) atoms. The molecule has 0 aliphatic heterocycles. The van der Waals surface area contributed by atoms with Gasteiger partial charge in [-0.3, -0.25) is 0 Å².